The molecule has 1 aliphatic heterocycles. The highest BCUT2D eigenvalue weighted by atomic mass is 32.2. The van der Waals surface area contributed by atoms with Crippen LogP contribution in [0.5, 0.6) is 0 Å². The molecular weight excluding hydrogens is 214 g/mol. The third-order valence-corrected chi connectivity index (χ3v) is 3.06. The van der Waals surface area contributed by atoms with Gasteiger partial charge in [0.05, 0.1) is 12.6 Å². The summed E-state index contributed by atoms with van der Waals surface area (Å²) in [5, 5.41) is 37.7. The number of aliphatic hydroxyl groups is 4. The lowest BCUT2D eigenvalue weighted by molar-refractivity contribution is -0.107. The summed E-state index contributed by atoms with van der Waals surface area (Å²) in [6.07, 6.45) is -4.46. The van der Waals surface area contributed by atoms with Gasteiger partial charge < -0.3 is 25.0 Å². The van der Waals surface area contributed by atoms with Crippen LogP contribution in [-0.2, 0) is 11.1 Å². The Kier molecular flexibility index (Phi) is 3.95. The predicted molar refractivity (Wildman–Crippen MR) is 46.6 cm³/mol. The Balaban J connectivity index is 2.78. The Morgan fingerprint density at radius 3 is 2.14 bits per heavy atom. The topological polar surface area (TPSA) is 130 Å². The highest BCUT2D eigenvalue weighted by Gasteiger charge is 2.44. The highest BCUT2D eigenvalue weighted by molar-refractivity contribution is 7.79. The van der Waals surface area contributed by atoms with E-state index in [-0.39, 0.29) is 0 Å². The fourth-order valence-electron chi connectivity index (χ4n) is 1.37. The van der Waals surface area contributed by atoms with Gasteiger partial charge in [0.25, 0.3) is 0 Å². The van der Waals surface area contributed by atoms with Crippen LogP contribution in [-0.4, -0.2) is 65.5 Å². The van der Waals surface area contributed by atoms with Gasteiger partial charge >= 0.3 is 0 Å². The fraction of sp³-hybridized carbons (Fsp3) is 1.00. The molecule has 14 heavy (non-hydrogen) atoms. The monoisotopic (exact) mass is 227 g/mol. The molecule has 0 saturated carbocycles. The van der Waals surface area contributed by atoms with Crippen LogP contribution >= 0.6 is 0 Å². The molecule has 8 heteroatoms. The molecule has 1 aliphatic rings. The summed E-state index contributed by atoms with van der Waals surface area (Å²) in [5.41, 5.74) is 0. The van der Waals surface area contributed by atoms with E-state index in [4.69, 9.17) is 9.66 Å². The highest BCUT2D eigenvalue weighted by Crippen LogP contribution is 2.16. The van der Waals surface area contributed by atoms with E-state index >= 15 is 0 Å². The molecule has 1 fully saturated rings. The zero-order chi connectivity index (χ0) is 10.9. The number of nitrogens with one attached hydrogen (secondary N) is 1. The van der Waals surface area contributed by atoms with Gasteiger partial charge in [-0.15, -0.1) is 0 Å². The third-order valence-electron chi connectivity index (χ3n) is 2.21. The summed E-state index contributed by atoms with van der Waals surface area (Å²) in [4.78, 5) is 0. The molecule has 7 nitrogen and oxygen atoms in total. The zero-order valence-corrected chi connectivity index (χ0v) is 7.96. The second-order valence-electron chi connectivity index (χ2n) is 3.12. The van der Waals surface area contributed by atoms with Crippen LogP contribution in [0.4, 0.5) is 0 Å². The van der Waals surface area contributed by atoms with E-state index < -0.39 is 47.4 Å². The van der Waals surface area contributed by atoms with Crippen molar-refractivity contribution in [3.8, 4) is 0 Å². The Labute approximate surface area is 82.7 Å². The molecule has 1 saturated heterocycles. The van der Waals surface area contributed by atoms with E-state index in [0.29, 0.717) is 0 Å². The molecule has 0 amide bonds. The first kappa shape index (κ1) is 12.0. The van der Waals surface area contributed by atoms with Crippen molar-refractivity contribution in [3.05, 3.63) is 0 Å². The first-order valence-corrected chi connectivity index (χ1v) is 5.16. The van der Waals surface area contributed by atoms with Gasteiger partial charge in [0.2, 0.25) is 0 Å². The standard InChI is InChI=1S/C6H13NO6S/c8-1-2-3(9)4(10)5(11)6(7-2)14(12)13/h2-11H,1H2,(H,12,13)/t2-,3-,4+,5+,6?/m1/s1. The van der Waals surface area contributed by atoms with E-state index in [0.717, 1.165) is 0 Å². The van der Waals surface area contributed by atoms with E-state index in [1.807, 2.05) is 0 Å². The molecule has 0 spiro atoms. The SMILES string of the molecule is O=S(O)C1N[C@H](CO)[C@@H](O)[C@H](O)[C@@H]1O. The zero-order valence-electron chi connectivity index (χ0n) is 7.15. The van der Waals surface area contributed by atoms with Gasteiger partial charge in [-0.2, -0.15) is 0 Å². The maximum atomic E-state index is 10.7. The molecule has 0 aromatic carbocycles. The van der Waals surface area contributed by atoms with Crippen molar-refractivity contribution in [2.24, 2.45) is 0 Å². The van der Waals surface area contributed by atoms with Gasteiger partial charge in [0.15, 0.2) is 11.1 Å². The van der Waals surface area contributed by atoms with Crippen molar-refractivity contribution in [1.82, 2.24) is 5.32 Å². The van der Waals surface area contributed by atoms with E-state index in [9.17, 15) is 19.5 Å². The van der Waals surface area contributed by atoms with Crippen LogP contribution < -0.4 is 5.32 Å². The Hall–Kier alpha value is -0.0900. The lowest BCUT2D eigenvalue weighted by Crippen LogP contribution is -2.66. The fourth-order valence-corrected chi connectivity index (χ4v) is 2.06. The van der Waals surface area contributed by atoms with E-state index in [1.54, 1.807) is 0 Å². The van der Waals surface area contributed by atoms with Crippen molar-refractivity contribution in [2.75, 3.05) is 6.61 Å². The van der Waals surface area contributed by atoms with Crippen LogP contribution in [0.1, 0.15) is 0 Å². The van der Waals surface area contributed by atoms with Crippen LogP contribution in [0, 0.1) is 0 Å². The number of aliphatic hydroxyl groups excluding tert-OH is 4. The summed E-state index contributed by atoms with van der Waals surface area (Å²) < 4.78 is 19.4. The van der Waals surface area contributed by atoms with Gasteiger partial charge in [-0.25, -0.2) is 4.21 Å². The van der Waals surface area contributed by atoms with Gasteiger partial charge in [-0.05, 0) is 0 Å². The van der Waals surface area contributed by atoms with E-state index in [1.165, 1.54) is 0 Å². The summed E-state index contributed by atoms with van der Waals surface area (Å²) >= 11 is -2.38. The molecule has 0 radical (unpaired) electrons. The number of piperidine rings is 1. The van der Waals surface area contributed by atoms with Crippen LogP contribution in [0.2, 0.25) is 0 Å². The number of hydrogen-bond acceptors (Lipinski definition) is 6. The molecular formula is C6H13NO6S. The van der Waals surface area contributed by atoms with Crippen LogP contribution in [0.15, 0.2) is 0 Å². The number of hydrogen-bond donors (Lipinski definition) is 6. The molecule has 2 unspecified atom stereocenters. The smallest absolute Gasteiger partial charge is 0.173 e. The normalized spacial score (nSPS) is 46.2. The van der Waals surface area contributed by atoms with Gasteiger partial charge in [-0.3, -0.25) is 5.32 Å². The van der Waals surface area contributed by atoms with Crippen molar-refractivity contribution in [1.29, 1.82) is 0 Å². The molecule has 0 aromatic rings. The maximum absolute atomic E-state index is 10.7. The molecule has 6 N–H and O–H groups in total. The maximum Gasteiger partial charge on any atom is 0.173 e. The molecule has 1 rings (SSSR count). The first-order valence-electron chi connectivity index (χ1n) is 3.99. The predicted octanol–water partition coefficient (Wildman–Crippen LogP) is -3.42. The van der Waals surface area contributed by atoms with Gasteiger partial charge in [0.1, 0.15) is 23.7 Å². The minimum absolute atomic E-state index is 0.501. The summed E-state index contributed by atoms with van der Waals surface area (Å²) in [6.45, 7) is -0.501. The Bertz CT molecular complexity index is 224. The lowest BCUT2D eigenvalue weighted by atomic mass is 9.96. The minimum atomic E-state index is -2.38. The largest absolute Gasteiger partial charge is 0.395 e. The Morgan fingerprint density at radius 1 is 1.14 bits per heavy atom. The molecule has 84 valence electrons. The lowest BCUT2D eigenvalue weighted by Gasteiger charge is -2.39. The Morgan fingerprint density at radius 2 is 1.71 bits per heavy atom. The molecule has 0 aliphatic carbocycles. The second-order valence-corrected chi connectivity index (χ2v) is 4.18. The second kappa shape index (κ2) is 4.62. The average Bonchev–Trinajstić information content (AvgIpc) is 2.14. The first-order chi connectivity index (χ1) is 6.49. The summed E-state index contributed by atoms with van der Waals surface area (Å²) in [7, 11) is 0. The van der Waals surface area contributed by atoms with E-state index in [2.05, 4.69) is 5.32 Å². The molecule has 0 aromatic heterocycles. The van der Waals surface area contributed by atoms with Crippen molar-refractivity contribution in [3.63, 3.8) is 0 Å². The third kappa shape index (κ3) is 2.11. The molecule has 1 heterocycles. The molecule has 0 bridgehead atoms. The summed E-state index contributed by atoms with van der Waals surface area (Å²) in [5.74, 6) is 0. The van der Waals surface area contributed by atoms with Gasteiger partial charge in [-0.1, -0.05) is 0 Å². The summed E-state index contributed by atoms with van der Waals surface area (Å²) in [6, 6.07) is -0.922. The minimum Gasteiger partial charge on any atom is -0.395 e. The average molecular weight is 227 g/mol. The van der Waals surface area contributed by atoms with Crippen LogP contribution in [0.3, 0.4) is 0 Å². The molecule has 6 atom stereocenters. The van der Waals surface area contributed by atoms with Crippen molar-refractivity contribution < 1.29 is 29.2 Å². The van der Waals surface area contributed by atoms with Crippen molar-refractivity contribution >= 4 is 11.1 Å². The van der Waals surface area contributed by atoms with Crippen molar-refractivity contribution in [2.45, 2.75) is 29.7 Å². The quantitative estimate of drug-likeness (QED) is 0.271. The van der Waals surface area contributed by atoms with Crippen LogP contribution in [0.25, 0.3) is 0 Å². The number of rotatable bonds is 2. The van der Waals surface area contributed by atoms with Gasteiger partial charge in [0, 0.05) is 0 Å².